The number of fused-ring (bicyclic) bond motifs is 1. The first-order chi connectivity index (χ1) is 12.0. The van der Waals surface area contributed by atoms with Gasteiger partial charge in [0.25, 0.3) is 17.4 Å². The molecule has 3 heterocycles. The van der Waals surface area contributed by atoms with E-state index in [0.29, 0.717) is 11.3 Å². The van der Waals surface area contributed by atoms with Crippen LogP contribution in [0.15, 0.2) is 44.4 Å². The molecular formula is C15H9N5O5. The topological polar surface area (TPSA) is 153 Å². The molecule has 3 aromatic rings. The lowest BCUT2D eigenvalue weighted by atomic mass is 10.1. The summed E-state index contributed by atoms with van der Waals surface area (Å²) in [4.78, 5) is 49.2. The van der Waals surface area contributed by atoms with Crippen LogP contribution in [-0.4, -0.2) is 26.5 Å². The van der Waals surface area contributed by atoms with Crippen LogP contribution < -0.4 is 22.4 Å². The second kappa shape index (κ2) is 5.03. The molecule has 1 aromatic carbocycles. The van der Waals surface area contributed by atoms with E-state index in [9.17, 15) is 19.2 Å². The van der Waals surface area contributed by atoms with E-state index in [4.69, 9.17) is 5.73 Å². The Morgan fingerprint density at radius 3 is 2.40 bits per heavy atom. The number of aromatic amines is 1. The highest BCUT2D eigenvalue weighted by Gasteiger charge is 2.31. The third kappa shape index (κ3) is 2.16. The van der Waals surface area contributed by atoms with Crippen molar-refractivity contribution in [3.63, 3.8) is 0 Å². The Labute approximate surface area is 137 Å². The van der Waals surface area contributed by atoms with Crippen molar-refractivity contribution in [1.29, 1.82) is 0 Å². The maximum absolute atomic E-state index is 12.3. The molecule has 1 aliphatic rings. The molecule has 0 aliphatic carbocycles. The SMILES string of the molecule is Nc1c2c(cc(=O)n1-c1ccc(-c3noc(=O)[nH]3)cc1)C(=O)NC2=O. The summed E-state index contributed by atoms with van der Waals surface area (Å²) in [6, 6.07) is 7.36. The van der Waals surface area contributed by atoms with E-state index < -0.39 is 23.1 Å². The lowest BCUT2D eigenvalue weighted by Gasteiger charge is -2.12. The van der Waals surface area contributed by atoms with Gasteiger partial charge in [-0.05, 0) is 24.3 Å². The predicted molar refractivity (Wildman–Crippen MR) is 84.4 cm³/mol. The highest BCUT2D eigenvalue weighted by Crippen LogP contribution is 2.23. The Bertz CT molecular complexity index is 1150. The smallest absolute Gasteiger partial charge is 0.384 e. The zero-order valence-corrected chi connectivity index (χ0v) is 12.4. The maximum atomic E-state index is 12.3. The minimum absolute atomic E-state index is 0.0329. The number of carbonyl (C=O) groups is 2. The fraction of sp³-hybridized carbons (Fsp3) is 0. The number of H-pyrrole nitrogens is 1. The van der Waals surface area contributed by atoms with Crippen LogP contribution in [0, 0.1) is 0 Å². The van der Waals surface area contributed by atoms with Crippen LogP contribution in [0.5, 0.6) is 0 Å². The molecule has 0 bridgehead atoms. The van der Waals surface area contributed by atoms with Crippen LogP contribution in [0.1, 0.15) is 20.7 Å². The van der Waals surface area contributed by atoms with E-state index in [-0.39, 0.29) is 22.8 Å². The molecule has 0 atom stereocenters. The number of nitrogens with one attached hydrogen (secondary N) is 2. The number of amides is 2. The Hall–Kier alpha value is -3.95. The van der Waals surface area contributed by atoms with Gasteiger partial charge in [0.05, 0.1) is 16.8 Å². The molecule has 2 aromatic heterocycles. The van der Waals surface area contributed by atoms with Gasteiger partial charge in [0.15, 0.2) is 5.82 Å². The first kappa shape index (κ1) is 14.6. The van der Waals surface area contributed by atoms with Crippen molar-refractivity contribution in [3.8, 4) is 17.1 Å². The summed E-state index contributed by atoms with van der Waals surface area (Å²) >= 11 is 0. The van der Waals surface area contributed by atoms with Gasteiger partial charge in [0, 0.05) is 11.6 Å². The molecule has 0 unspecified atom stereocenters. The van der Waals surface area contributed by atoms with Gasteiger partial charge in [0.2, 0.25) is 0 Å². The maximum Gasteiger partial charge on any atom is 0.439 e. The first-order valence-electron chi connectivity index (χ1n) is 7.04. The second-order valence-electron chi connectivity index (χ2n) is 5.27. The summed E-state index contributed by atoms with van der Waals surface area (Å²) < 4.78 is 5.55. The minimum Gasteiger partial charge on any atom is -0.384 e. The van der Waals surface area contributed by atoms with E-state index in [1.807, 2.05) is 0 Å². The Balaban J connectivity index is 1.84. The summed E-state index contributed by atoms with van der Waals surface area (Å²) in [5.74, 6) is -1.89. The monoisotopic (exact) mass is 339 g/mol. The van der Waals surface area contributed by atoms with Gasteiger partial charge in [-0.1, -0.05) is 5.16 Å². The molecule has 0 radical (unpaired) electrons. The average Bonchev–Trinajstić information content (AvgIpc) is 3.12. The number of anilines is 1. The fourth-order valence-electron chi connectivity index (χ4n) is 2.67. The highest BCUT2D eigenvalue weighted by atomic mass is 16.5. The Morgan fingerprint density at radius 1 is 1.04 bits per heavy atom. The van der Waals surface area contributed by atoms with Gasteiger partial charge in [0.1, 0.15) is 5.82 Å². The molecule has 124 valence electrons. The van der Waals surface area contributed by atoms with Crippen LogP contribution in [-0.2, 0) is 0 Å². The zero-order chi connectivity index (χ0) is 17.7. The molecule has 0 saturated carbocycles. The van der Waals surface area contributed by atoms with Crippen molar-refractivity contribution in [2.45, 2.75) is 0 Å². The van der Waals surface area contributed by atoms with Crippen LogP contribution in [0.3, 0.4) is 0 Å². The molecule has 0 saturated heterocycles. The van der Waals surface area contributed by atoms with Gasteiger partial charge in [-0.25, -0.2) is 4.79 Å². The van der Waals surface area contributed by atoms with Gasteiger partial charge >= 0.3 is 5.76 Å². The summed E-state index contributed by atoms with van der Waals surface area (Å²) in [5.41, 5.74) is 6.25. The van der Waals surface area contributed by atoms with E-state index >= 15 is 0 Å². The number of aromatic nitrogens is 3. The molecule has 10 nitrogen and oxygen atoms in total. The largest absolute Gasteiger partial charge is 0.439 e. The van der Waals surface area contributed by atoms with Crippen molar-refractivity contribution in [3.05, 3.63) is 62.4 Å². The number of imide groups is 1. The van der Waals surface area contributed by atoms with Gasteiger partial charge in [-0.15, -0.1) is 0 Å². The fourth-order valence-corrected chi connectivity index (χ4v) is 2.67. The van der Waals surface area contributed by atoms with E-state index in [1.54, 1.807) is 24.3 Å². The predicted octanol–water partition coefficient (Wildman–Crippen LogP) is -0.353. The number of carbonyl (C=O) groups excluding carboxylic acids is 2. The standard InChI is InChI=1S/C15H9N5O5/c16-11-10-8(13(22)18-14(10)23)5-9(21)20(11)7-3-1-6(2-4-7)12-17-15(24)25-19-12/h1-5H,16H2,(H,17,19,24)(H,18,22,23). The molecule has 0 fully saturated rings. The van der Waals surface area contributed by atoms with Gasteiger partial charge < -0.3 is 5.73 Å². The summed E-state index contributed by atoms with van der Waals surface area (Å²) in [6.07, 6.45) is 0. The van der Waals surface area contributed by atoms with E-state index in [1.165, 1.54) is 0 Å². The van der Waals surface area contributed by atoms with Crippen LogP contribution in [0.25, 0.3) is 17.1 Å². The number of rotatable bonds is 2. The summed E-state index contributed by atoms with van der Waals surface area (Å²) in [6.45, 7) is 0. The molecule has 25 heavy (non-hydrogen) atoms. The third-order valence-corrected chi connectivity index (χ3v) is 3.79. The molecule has 10 heteroatoms. The van der Waals surface area contributed by atoms with Crippen molar-refractivity contribution in [2.24, 2.45) is 0 Å². The van der Waals surface area contributed by atoms with Crippen molar-refractivity contribution >= 4 is 17.6 Å². The lowest BCUT2D eigenvalue weighted by molar-refractivity contribution is 0.0880. The number of nitrogens with zero attached hydrogens (tertiary/aromatic N) is 2. The van der Waals surface area contributed by atoms with E-state index in [2.05, 4.69) is 20.0 Å². The van der Waals surface area contributed by atoms with Gasteiger partial charge in [-0.3, -0.25) is 33.8 Å². The number of nitrogens with two attached hydrogens (primary N) is 1. The van der Waals surface area contributed by atoms with Gasteiger partial charge in [-0.2, -0.15) is 0 Å². The molecule has 0 spiro atoms. The van der Waals surface area contributed by atoms with Crippen molar-refractivity contribution in [2.75, 3.05) is 5.73 Å². The number of hydrogen-bond acceptors (Lipinski definition) is 7. The first-order valence-corrected chi connectivity index (χ1v) is 7.04. The molecule has 1 aliphatic heterocycles. The van der Waals surface area contributed by atoms with Crippen LogP contribution in [0.4, 0.5) is 5.82 Å². The van der Waals surface area contributed by atoms with Crippen LogP contribution >= 0.6 is 0 Å². The molecule has 2 amide bonds. The Kier molecular flexibility index (Phi) is 2.94. The summed E-state index contributed by atoms with van der Waals surface area (Å²) in [5, 5.41) is 5.66. The second-order valence-corrected chi connectivity index (χ2v) is 5.27. The normalized spacial score (nSPS) is 13.0. The zero-order valence-electron chi connectivity index (χ0n) is 12.4. The van der Waals surface area contributed by atoms with Crippen molar-refractivity contribution in [1.82, 2.24) is 20.0 Å². The number of nitrogen functional groups attached to an aromatic ring is 1. The lowest BCUT2D eigenvalue weighted by Crippen LogP contribution is -2.24. The summed E-state index contributed by atoms with van der Waals surface area (Å²) in [7, 11) is 0. The molecular weight excluding hydrogens is 330 g/mol. The average molecular weight is 339 g/mol. The Morgan fingerprint density at radius 2 is 1.76 bits per heavy atom. The number of pyridine rings is 1. The number of hydrogen-bond donors (Lipinski definition) is 3. The van der Waals surface area contributed by atoms with E-state index in [0.717, 1.165) is 10.6 Å². The third-order valence-electron chi connectivity index (χ3n) is 3.79. The van der Waals surface area contributed by atoms with Crippen LogP contribution in [0.2, 0.25) is 0 Å². The molecule has 4 N–H and O–H groups in total. The minimum atomic E-state index is -0.686. The highest BCUT2D eigenvalue weighted by molar-refractivity contribution is 6.23. The van der Waals surface area contributed by atoms with Crippen molar-refractivity contribution < 1.29 is 14.1 Å². The molecule has 4 rings (SSSR count). The number of benzene rings is 1. The quantitative estimate of drug-likeness (QED) is 0.539.